The van der Waals surface area contributed by atoms with E-state index in [2.05, 4.69) is 15.3 Å². The summed E-state index contributed by atoms with van der Waals surface area (Å²) >= 11 is 5.82. The van der Waals surface area contributed by atoms with Crippen molar-refractivity contribution in [1.29, 1.82) is 0 Å². The minimum atomic E-state index is -0.165. The quantitative estimate of drug-likeness (QED) is 0.863. The van der Waals surface area contributed by atoms with Crippen molar-refractivity contribution in [3.8, 4) is 0 Å². The Labute approximate surface area is 105 Å². The number of likely N-dealkylation sites (N-methyl/N-ethyl adjacent to an activating group) is 1. The second-order valence-electron chi connectivity index (χ2n) is 4.02. The van der Waals surface area contributed by atoms with E-state index in [4.69, 9.17) is 11.6 Å². The van der Waals surface area contributed by atoms with Gasteiger partial charge >= 0.3 is 0 Å². The highest BCUT2D eigenvalue weighted by molar-refractivity contribution is 6.29. The number of hydrogen-bond donors (Lipinski definition) is 1. The van der Waals surface area contributed by atoms with Crippen molar-refractivity contribution in [3.63, 3.8) is 0 Å². The van der Waals surface area contributed by atoms with Crippen LogP contribution in [-0.4, -0.2) is 35.5 Å². The van der Waals surface area contributed by atoms with Crippen molar-refractivity contribution >= 4 is 23.3 Å². The second kappa shape index (κ2) is 5.31. The molecule has 5 nitrogen and oxygen atoms in total. The summed E-state index contributed by atoms with van der Waals surface area (Å²) in [4.78, 5) is 22.0. The van der Waals surface area contributed by atoms with E-state index in [1.807, 2.05) is 4.90 Å². The standard InChI is InChI=1S/C11H15ClN4O/c1-13-11(17)8-4-2-3-5-16(8)10-7-14-6-9(12)15-10/h6-8H,2-5H2,1H3,(H,13,17). The predicted molar refractivity (Wildman–Crippen MR) is 66.1 cm³/mol. The van der Waals surface area contributed by atoms with E-state index in [0.717, 1.165) is 25.8 Å². The molecule has 1 amide bonds. The molecule has 2 rings (SSSR count). The first-order valence-corrected chi connectivity index (χ1v) is 6.06. The zero-order valence-corrected chi connectivity index (χ0v) is 10.4. The minimum absolute atomic E-state index is 0.0199. The van der Waals surface area contributed by atoms with Crippen molar-refractivity contribution < 1.29 is 4.79 Å². The van der Waals surface area contributed by atoms with Crippen molar-refractivity contribution in [2.75, 3.05) is 18.5 Å². The van der Waals surface area contributed by atoms with E-state index in [0.29, 0.717) is 11.0 Å². The normalized spacial score (nSPS) is 20.1. The molecule has 0 bridgehead atoms. The molecule has 0 aromatic carbocycles. The average molecular weight is 255 g/mol. The van der Waals surface area contributed by atoms with E-state index >= 15 is 0 Å². The summed E-state index contributed by atoms with van der Waals surface area (Å²) in [6, 6.07) is -0.165. The monoisotopic (exact) mass is 254 g/mol. The molecule has 1 saturated heterocycles. The molecular weight excluding hydrogens is 240 g/mol. The van der Waals surface area contributed by atoms with Crippen LogP contribution >= 0.6 is 11.6 Å². The molecule has 0 aliphatic carbocycles. The summed E-state index contributed by atoms with van der Waals surface area (Å²) in [7, 11) is 1.65. The van der Waals surface area contributed by atoms with Crippen LogP contribution in [0.3, 0.4) is 0 Å². The molecule has 1 aliphatic rings. The molecule has 1 fully saturated rings. The van der Waals surface area contributed by atoms with E-state index in [1.165, 1.54) is 6.20 Å². The van der Waals surface area contributed by atoms with Gasteiger partial charge in [0.15, 0.2) is 0 Å². The van der Waals surface area contributed by atoms with Gasteiger partial charge in [-0.1, -0.05) is 11.6 Å². The van der Waals surface area contributed by atoms with Crippen molar-refractivity contribution in [2.45, 2.75) is 25.3 Å². The van der Waals surface area contributed by atoms with Crippen molar-refractivity contribution in [1.82, 2.24) is 15.3 Å². The molecular formula is C11H15ClN4O. The van der Waals surface area contributed by atoms with E-state index in [-0.39, 0.29) is 11.9 Å². The van der Waals surface area contributed by atoms with Crippen LogP contribution in [-0.2, 0) is 4.79 Å². The van der Waals surface area contributed by atoms with Crippen LogP contribution in [0, 0.1) is 0 Å². The number of aromatic nitrogens is 2. The van der Waals surface area contributed by atoms with Gasteiger partial charge in [-0.2, -0.15) is 0 Å². The molecule has 1 atom stereocenters. The number of nitrogens with one attached hydrogen (secondary N) is 1. The third kappa shape index (κ3) is 2.66. The summed E-state index contributed by atoms with van der Waals surface area (Å²) in [5.74, 6) is 0.692. The smallest absolute Gasteiger partial charge is 0.242 e. The zero-order valence-electron chi connectivity index (χ0n) is 9.69. The lowest BCUT2D eigenvalue weighted by molar-refractivity contribution is -0.122. The molecule has 0 radical (unpaired) electrons. The van der Waals surface area contributed by atoms with Gasteiger partial charge in [0.2, 0.25) is 5.91 Å². The number of amides is 1. The Morgan fingerprint density at radius 1 is 1.53 bits per heavy atom. The van der Waals surface area contributed by atoms with Crippen LogP contribution in [0.15, 0.2) is 12.4 Å². The SMILES string of the molecule is CNC(=O)C1CCCCN1c1cncc(Cl)n1. The number of hydrogen-bond acceptors (Lipinski definition) is 4. The Morgan fingerprint density at radius 2 is 2.35 bits per heavy atom. The van der Waals surface area contributed by atoms with Gasteiger partial charge in [0.05, 0.1) is 12.4 Å². The van der Waals surface area contributed by atoms with Crippen LogP contribution in [0.25, 0.3) is 0 Å². The first kappa shape index (κ1) is 12.1. The summed E-state index contributed by atoms with van der Waals surface area (Å²) in [5.41, 5.74) is 0. The van der Waals surface area contributed by atoms with Gasteiger partial charge in [-0.25, -0.2) is 4.98 Å². The maximum Gasteiger partial charge on any atom is 0.242 e. The number of piperidine rings is 1. The molecule has 2 heterocycles. The minimum Gasteiger partial charge on any atom is -0.357 e. The largest absolute Gasteiger partial charge is 0.357 e. The molecule has 1 aliphatic heterocycles. The molecule has 1 aromatic heterocycles. The van der Waals surface area contributed by atoms with Crippen molar-refractivity contribution in [2.24, 2.45) is 0 Å². The molecule has 1 N–H and O–H groups in total. The van der Waals surface area contributed by atoms with Crippen LogP contribution < -0.4 is 10.2 Å². The molecule has 0 saturated carbocycles. The molecule has 92 valence electrons. The first-order valence-electron chi connectivity index (χ1n) is 5.68. The van der Waals surface area contributed by atoms with Gasteiger partial charge in [-0.3, -0.25) is 9.78 Å². The van der Waals surface area contributed by atoms with Gasteiger partial charge < -0.3 is 10.2 Å². The maximum absolute atomic E-state index is 11.8. The number of halogens is 1. The highest BCUT2D eigenvalue weighted by atomic mass is 35.5. The fraction of sp³-hybridized carbons (Fsp3) is 0.545. The third-order valence-corrected chi connectivity index (χ3v) is 3.12. The summed E-state index contributed by atoms with van der Waals surface area (Å²) < 4.78 is 0. The summed E-state index contributed by atoms with van der Waals surface area (Å²) in [6.07, 6.45) is 6.09. The van der Waals surface area contributed by atoms with Gasteiger partial charge in [0.25, 0.3) is 0 Å². The number of carbonyl (C=O) groups is 1. The fourth-order valence-corrected chi connectivity index (χ4v) is 2.26. The number of rotatable bonds is 2. The molecule has 1 unspecified atom stereocenters. The van der Waals surface area contributed by atoms with Crippen LogP contribution in [0.2, 0.25) is 5.15 Å². The van der Waals surface area contributed by atoms with Crippen LogP contribution in [0.5, 0.6) is 0 Å². The topological polar surface area (TPSA) is 58.1 Å². The Kier molecular flexibility index (Phi) is 3.78. The second-order valence-corrected chi connectivity index (χ2v) is 4.41. The average Bonchev–Trinajstić information content (AvgIpc) is 2.38. The van der Waals surface area contributed by atoms with E-state index < -0.39 is 0 Å². The molecule has 0 spiro atoms. The Bertz CT molecular complexity index is 412. The van der Waals surface area contributed by atoms with Gasteiger partial charge in [0, 0.05) is 13.6 Å². The Balaban J connectivity index is 2.24. The molecule has 6 heteroatoms. The number of nitrogens with zero attached hydrogens (tertiary/aromatic N) is 3. The summed E-state index contributed by atoms with van der Waals surface area (Å²) in [6.45, 7) is 0.813. The molecule has 1 aromatic rings. The zero-order chi connectivity index (χ0) is 12.3. The highest BCUT2D eigenvalue weighted by Crippen LogP contribution is 2.23. The lowest BCUT2D eigenvalue weighted by Gasteiger charge is -2.35. The predicted octanol–water partition coefficient (Wildman–Crippen LogP) is 1.23. The molecule has 17 heavy (non-hydrogen) atoms. The lowest BCUT2D eigenvalue weighted by Crippen LogP contribution is -2.49. The van der Waals surface area contributed by atoms with Gasteiger partial charge in [-0.15, -0.1) is 0 Å². The third-order valence-electron chi connectivity index (χ3n) is 2.94. The first-order chi connectivity index (χ1) is 8.22. The lowest BCUT2D eigenvalue weighted by atomic mass is 10.0. The number of anilines is 1. The van der Waals surface area contributed by atoms with Gasteiger partial charge in [0.1, 0.15) is 17.0 Å². The Hall–Kier alpha value is -1.36. The van der Waals surface area contributed by atoms with Crippen LogP contribution in [0.1, 0.15) is 19.3 Å². The van der Waals surface area contributed by atoms with E-state index in [1.54, 1.807) is 13.2 Å². The highest BCUT2D eigenvalue weighted by Gasteiger charge is 2.29. The van der Waals surface area contributed by atoms with Crippen molar-refractivity contribution in [3.05, 3.63) is 17.5 Å². The van der Waals surface area contributed by atoms with E-state index in [9.17, 15) is 4.79 Å². The summed E-state index contributed by atoms with van der Waals surface area (Å²) in [5, 5.41) is 3.04. The van der Waals surface area contributed by atoms with Crippen LogP contribution in [0.4, 0.5) is 5.82 Å². The maximum atomic E-state index is 11.8. The van der Waals surface area contributed by atoms with Gasteiger partial charge in [-0.05, 0) is 19.3 Å². The fourth-order valence-electron chi connectivity index (χ4n) is 2.12. The Morgan fingerprint density at radius 3 is 3.06 bits per heavy atom. The number of carbonyl (C=O) groups excluding carboxylic acids is 1.